The van der Waals surface area contributed by atoms with E-state index in [9.17, 15) is 0 Å². The maximum atomic E-state index is 9.15. The highest BCUT2D eigenvalue weighted by molar-refractivity contribution is 5.31. The molecule has 4 nitrogen and oxygen atoms in total. The van der Waals surface area contributed by atoms with Gasteiger partial charge < -0.3 is 0 Å². The van der Waals surface area contributed by atoms with E-state index < -0.39 is 16.7 Å². The molecule has 0 aromatic heterocycles. The Kier molecular flexibility index (Phi) is 2.65. The molecule has 0 bridgehead atoms. The summed E-state index contributed by atoms with van der Waals surface area (Å²) >= 11 is 0. The average Bonchev–Trinajstić information content (AvgIpc) is 2.29. The monoisotopic (exact) mass is 198 g/mol. The fourth-order valence-electron chi connectivity index (χ4n) is 2.15. The minimum absolute atomic E-state index is 0.377. The summed E-state index contributed by atoms with van der Waals surface area (Å²) in [5, 5.41) is 36.3. The Morgan fingerprint density at radius 1 is 1.07 bits per heavy atom. The number of hydrogen-bond donors (Lipinski definition) is 0. The van der Waals surface area contributed by atoms with Gasteiger partial charge in [0.2, 0.25) is 0 Å². The van der Waals surface area contributed by atoms with Crippen molar-refractivity contribution in [2.24, 2.45) is 16.7 Å². The standard InChI is InChI=1S/C11H10N4/c1-10(6-13)9(5-12)3-2-4-11(10,7-14)8-15/h9H,2-4H2,1H3. The molecule has 0 N–H and O–H groups in total. The van der Waals surface area contributed by atoms with Gasteiger partial charge in [-0.2, -0.15) is 21.0 Å². The molecule has 0 saturated heterocycles. The average molecular weight is 198 g/mol. The van der Waals surface area contributed by atoms with Crippen LogP contribution in [0.4, 0.5) is 0 Å². The van der Waals surface area contributed by atoms with Crippen molar-refractivity contribution in [3.05, 3.63) is 0 Å². The Morgan fingerprint density at radius 3 is 2.07 bits per heavy atom. The Balaban J connectivity index is 3.34. The van der Waals surface area contributed by atoms with Crippen LogP contribution in [-0.4, -0.2) is 0 Å². The van der Waals surface area contributed by atoms with E-state index in [4.69, 9.17) is 21.0 Å². The molecule has 0 aromatic carbocycles. The molecule has 1 aliphatic carbocycles. The molecule has 0 aromatic rings. The lowest BCUT2D eigenvalue weighted by molar-refractivity contribution is 0.118. The molecule has 1 fully saturated rings. The van der Waals surface area contributed by atoms with Crippen molar-refractivity contribution in [2.75, 3.05) is 0 Å². The van der Waals surface area contributed by atoms with Crippen LogP contribution in [-0.2, 0) is 0 Å². The number of nitriles is 4. The van der Waals surface area contributed by atoms with Crippen LogP contribution in [0, 0.1) is 62.1 Å². The summed E-state index contributed by atoms with van der Waals surface area (Å²) in [4.78, 5) is 0. The van der Waals surface area contributed by atoms with Crippen molar-refractivity contribution in [3.8, 4) is 24.3 Å². The molecule has 15 heavy (non-hydrogen) atoms. The molecule has 4 heteroatoms. The van der Waals surface area contributed by atoms with Gasteiger partial charge >= 0.3 is 0 Å². The molecule has 0 aliphatic heterocycles. The lowest BCUT2D eigenvalue weighted by Gasteiger charge is -2.40. The Bertz CT molecular complexity index is 411. The van der Waals surface area contributed by atoms with Crippen LogP contribution >= 0.6 is 0 Å². The Morgan fingerprint density at radius 2 is 1.67 bits per heavy atom. The summed E-state index contributed by atoms with van der Waals surface area (Å²) in [7, 11) is 0. The topological polar surface area (TPSA) is 95.2 Å². The molecule has 1 saturated carbocycles. The first-order chi connectivity index (χ1) is 7.10. The SMILES string of the molecule is CC1(C#N)C(C#N)CCCC1(C#N)C#N. The van der Waals surface area contributed by atoms with Crippen LogP contribution in [0.1, 0.15) is 26.2 Å². The fraction of sp³-hybridized carbons (Fsp3) is 0.636. The number of hydrogen-bond acceptors (Lipinski definition) is 4. The van der Waals surface area contributed by atoms with Crippen molar-refractivity contribution in [1.82, 2.24) is 0 Å². The quantitative estimate of drug-likeness (QED) is 0.593. The second kappa shape index (κ2) is 3.61. The van der Waals surface area contributed by atoms with Gasteiger partial charge in [-0.15, -0.1) is 0 Å². The first-order valence-corrected chi connectivity index (χ1v) is 4.73. The van der Waals surface area contributed by atoms with Crippen molar-refractivity contribution >= 4 is 0 Å². The van der Waals surface area contributed by atoms with Crippen LogP contribution in [0.25, 0.3) is 0 Å². The molecule has 0 heterocycles. The van der Waals surface area contributed by atoms with E-state index in [2.05, 4.69) is 0 Å². The smallest absolute Gasteiger partial charge is 0.163 e. The molecule has 2 atom stereocenters. The highest BCUT2D eigenvalue weighted by Crippen LogP contribution is 2.52. The minimum Gasteiger partial charge on any atom is -0.198 e. The molecule has 0 amide bonds. The summed E-state index contributed by atoms with van der Waals surface area (Å²) in [6.45, 7) is 1.55. The zero-order chi connectivity index (χ0) is 11.5. The van der Waals surface area contributed by atoms with E-state index in [0.717, 1.165) is 0 Å². The van der Waals surface area contributed by atoms with Crippen molar-refractivity contribution < 1.29 is 0 Å². The van der Waals surface area contributed by atoms with Gasteiger partial charge in [0.25, 0.3) is 0 Å². The molecule has 1 aliphatic rings. The molecule has 74 valence electrons. The van der Waals surface area contributed by atoms with Crippen molar-refractivity contribution in [2.45, 2.75) is 26.2 Å². The highest BCUT2D eigenvalue weighted by Gasteiger charge is 2.57. The molecule has 0 radical (unpaired) electrons. The van der Waals surface area contributed by atoms with Gasteiger partial charge in [-0.1, -0.05) is 0 Å². The van der Waals surface area contributed by atoms with Crippen LogP contribution in [0.3, 0.4) is 0 Å². The lowest BCUT2D eigenvalue weighted by Crippen LogP contribution is -2.45. The van der Waals surface area contributed by atoms with Crippen molar-refractivity contribution in [1.29, 1.82) is 21.0 Å². The van der Waals surface area contributed by atoms with E-state index in [1.54, 1.807) is 6.92 Å². The summed E-state index contributed by atoms with van der Waals surface area (Å²) in [6.07, 6.45) is 1.62. The van der Waals surface area contributed by atoms with Gasteiger partial charge in [0, 0.05) is 0 Å². The maximum absolute atomic E-state index is 9.15. The van der Waals surface area contributed by atoms with Crippen LogP contribution in [0.2, 0.25) is 0 Å². The fourth-order valence-corrected chi connectivity index (χ4v) is 2.15. The molecular weight excluding hydrogens is 188 g/mol. The largest absolute Gasteiger partial charge is 0.198 e. The first kappa shape index (κ1) is 11.0. The van der Waals surface area contributed by atoms with Gasteiger partial charge in [0.15, 0.2) is 5.41 Å². The van der Waals surface area contributed by atoms with Crippen LogP contribution in [0.15, 0.2) is 0 Å². The van der Waals surface area contributed by atoms with Crippen LogP contribution in [0.5, 0.6) is 0 Å². The summed E-state index contributed by atoms with van der Waals surface area (Å²) in [5.74, 6) is -0.532. The predicted octanol–water partition coefficient (Wildman–Crippen LogP) is 1.87. The number of rotatable bonds is 0. The summed E-state index contributed by atoms with van der Waals surface area (Å²) < 4.78 is 0. The molecule has 1 rings (SSSR count). The van der Waals surface area contributed by atoms with Gasteiger partial charge in [-0.25, -0.2) is 0 Å². The van der Waals surface area contributed by atoms with Gasteiger partial charge in [0.1, 0.15) is 5.41 Å². The van der Waals surface area contributed by atoms with E-state index in [0.29, 0.717) is 19.3 Å². The van der Waals surface area contributed by atoms with E-state index >= 15 is 0 Å². The second-order valence-electron chi connectivity index (χ2n) is 4.02. The van der Waals surface area contributed by atoms with Gasteiger partial charge in [-0.05, 0) is 26.2 Å². The van der Waals surface area contributed by atoms with Gasteiger partial charge in [-0.3, -0.25) is 0 Å². The van der Waals surface area contributed by atoms with Crippen LogP contribution < -0.4 is 0 Å². The first-order valence-electron chi connectivity index (χ1n) is 4.73. The second-order valence-corrected chi connectivity index (χ2v) is 4.02. The summed E-state index contributed by atoms with van der Waals surface area (Å²) in [6, 6.07) is 7.93. The Labute approximate surface area is 89.0 Å². The van der Waals surface area contributed by atoms with E-state index in [-0.39, 0.29) is 0 Å². The lowest BCUT2D eigenvalue weighted by atomic mass is 9.54. The van der Waals surface area contributed by atoms with Crippen molar-refractivity contribution in [3.63, 3.8) is 0 Å². The Hall–Kier alpha value is -2.04. The summed E-state index contributed by atoms with van der Waals surface area (Å²) in [5.41, 5.74) is -2.51. The predicted molar refractivity (Wildman–Crippen MR) is 50.3 cm³/mol. The third kappa shape index (κ3) is 1.24. The molecule has 2 unspecified atom stereocenters. The zero-order valence-electron chi connectivity index (χ0n) is 8.49. The van der Waals surface area contributed by atoms with E-state index in [1.165, 1.54) is 0 Å². The molecular formula is C11H10N4. The highest BCUT2D eigenvalue weighted by atomic mass is 14.6. The third-order valence-corrected chi connectivity index (χ3v) is 3.40. The molecule has 0 spiro atoms. The maximum Gasteiger partial charge on any atom is 0.163 e. The van der Waals surface area contributed by atoms with E-state index in [1.807, 2.05) is 24.3 Å². The number of nitrogens with zero attached hydrogens (tertiary/aromatic N) is 4. The third-order valence-electron chi connectivity index (χ3n) is 3.40. The van der Waals surface area contributed by atoms with Gasteiger partial charge in [0.05, 0.1) is 30.2 Å². The zero-order valence-corrected chi connectivity index (χ0v) is 8.49. The minimum atomic E-state index is -1.33. The normalized spacial score (nSPS) is 32.7.